The third-order valence-electron chi connectivity index (χ3n) is 5.96. The Labute approximate surface area is 234 Å². The number of ether oxygens (including phenoxy) is 1. The molecule has 40 heavy (non-hydrogen) atoms. The molecular weight excluding hydrogens is 524 g/mol. The molecule has 0 aromatic heterocycles. The van der Waals surface area contributed by atoms with Gasteiger partial charge in [0.25, 0.3) is 5.91 Å². The van der Waals surface area contributed by atoms with Crippen LogP contribution in [0.3, 0.4) is 0 Å². The topological polar surface area (TPSA) is 105 Å². The van der Waals surface area contributed by atoms with Crippen molar-refractivity contribution in [3.8, 4) is 11.5 Å². The SMILES string of the molecule is O=C(CSc1cccc(NC(=O)c2cccc3cccc(C(=O)O)c23)c1)Nc1ccc(Oc2ccccc2)cc1. The van der Waals surface area contributed by atoms with E-state index in [1.807, 2.05) is 36.4 Å². The Hall–Kier alpha value is -5.08. The fraction of sp³-hybridized carbons (Fsp3) is 0.0312. The predicted molar refractivity (Wildman–Crippen MR) is 158 cm³/mol. The summed E-state index contributed by atoms with van der Waals surface area (Å²) in [6, 6.07) is 33.7. The highest BCUT2D eigenvalue weighted by atomic mass is 32.2. The van der Waals surface area contributed by atoms with Gasteiger partial charge in [-0.3, -0.25) is 9.59 Å². The zero-order chi connectivity index (χ0) is 27.9. The Bertz CT molecular complexity index is 1680. The number of fused-ring (bicyclic) bond motifs is 1. The summed E-state index contributed by atoms with van der Waals surface area (Å²) in [7, 11) is 0. The van der Waals surface area contributed by atoms with E-state index in [4.69, 9.17) is 4.74 Å². The molecule has 2 amide bonds. The molecule has 0 unspecified atom stereocenters. The number of aromatic carboxylic acids is 1. The number of thioether (sulfide) groups is 1. The monoisotopic (exact) mass is 548 g/mol. The quantitative estimate of drug-likeness (QED) is 0.167. The number of hydrogen-bond donors (Lipinski definition) is 3. The van der Waals surface area contributed by atoms with Crippen LogP contribution in [0, 0.1) is 0 Å². The summed E-state index contributed by atoms with van der Waals surface area (Å²) in [4.78, 5) is 38.2. The Morgan fingerprint density at radius 2 is 1.35 bits per heavy atom. The first kappa shape index (κ1) is 26.5. The van der Waals surface area contributed by atoms with Gasteiger partial charge in [-0.15, -0.1) is 11.8 Å². The van der Waals surface area contributed by atoms with Gasteiger partial charge in [0.15, 0.2) is 0 Å². The molecule has 0 aliphatic rings. The van der Waals surface area contributed by atoms with Crippen molar-refractivity contribution >= 4 is 51.7 Å². The number of anilines is 2. The molecule has 0 spiro atoms. The van der Waals surface area contributed by atoms with Gasteiger partial charge in [0.05, 0.1) is 11.3 Å². The zero-order valence-corrected chi connectivity index (χ0v) is 22.0. The summed E-state index contributed by atoms with van der Waals surface area (Å²) in [6.07, 6.45) is 0. The molecule has 0 saturated heterocycles. The van der Waals surface area contributed by atoms with Crippen molar-refractivity contribution in [2.45, 2.75) is 4.90 Å². The molecule has 0 atom stereocenters. The second kappa shape index (κ2) is 12.2. The van der Waals surface area contributed by atoms with Crippen molar-refractivity contribution < 1.29 is 24.2 Å². The van der Waals surface area contributed by atoms with Crippen LogP contribution in [0.1, 0.15) is 20.7 Å². The third-order valence-corrected chi connectivity index (χ3v) is 6.95. The zero-order valence-electron chi connectivity index (χ0n) is 21.2. The van der Waals surface area contributed by atoms with E-state index >= 15 is 0 Å². The van der Waals surface area contributed by atoms with Crippen LogP contribution in [0.5, 0.6) is 11.5 Å². The molecule has 0 heterocycles. The molecule has 198 valence electrons. The molecule has 3 N–H and O–H groups in total. The van der Waals surface area contributed by atoms with Crippen molar-refractivity contribution in [2.75, 3.05) is 16.4 Å². The summed E-state index contributed by atoms with van der Waals surface area (Å²) >= 11 is 1.33. The number of nitrogens with one attached hydrogen (secondary N) is 2. The van der Waals surface area contributed by atoms with Gasteiger partial charge in [-0.05, 0) is 72.1 Å². The molecule has 0 radical (unpaired) electrons. The van der Waals surface area contributed by atoms with Crippen molar-refractivity contribution in [1.29, 1.82) is 0 Å². The number of rotatable bonds is 9. The molecule has 5 aromatic rings. The van der Waals surface area contributed by atoms with Crippen LogP contribution in [-0.2, 0) is 4.79 Å². The number of benzene rings is 5. The number of carboxylic acids is 1. The summed E-state index contributed by atoms with van der Waals surface area (Å²) < 4.78 is 5.77. The molecule has 0 fully saturated rings. The minimum absolute atomic E-state index is 0.0666. The highest BCUT2D eigenvalue weighted by Crippen LogP contribution is 2.27. The Kier molecular flexibility index (Phi) is 8.08. The molecule has 0 aliphatic heterocycles. The van der Waals surface area contributed by atoms with Crippen molar-refractivity contribution in [3.05, 3.63) is 126 Å². The lowest BCUT2D eigenvalue weighted by atomic mass is 9.98. The van der Waals surface area contributed by atoms with E-state index in [1.54, 1.807) is 72.8 Å². The highest BCUT2D eigenvalue weighted by molar-refractivity contribution is 8.00. The van der Waals surface area contributed by atoms with E-state index in [0.29, 0.717) is 27.9 Å². The Morgan fingerprint density at radius 1 is 0.675 bits per heavy atom. The summed E-state index contributed by atoms with van der Waals surface area (Å²) in [5, 5.41) is 16.4. The van der Waals surface area contributed by atoms with Crippen molar-refractivity contribution in [3.63, 3.8) is 0 Å². The lowest BCUT2D eigenvalue weighted by Crippen LogP contribution is -2.14. The van der Waals surface area contributed by atoms with E-state index < -0.39 is 11.9 Å². The number of carbonyl (C=O) groups is 3. The molecule has 5 rings (SSSR count). The molecule has 5 aromatic carbocycles. The van der Waals surface area contributed by atoms with Crippen LogP contribution in [0.2, 0.25) is 0 Å². The normalized spacial score (nSPS) is 10.6. The smallest absolute Gasteiger partial charge is 0.336 e. The van der Waals surface area contributed by atoms with Gasteiger partial charge in [-0.25, -0.2) is 4.79 Å². The molecule has 7 nitrogen and oxygen atoms in total. The first-order valence-electron chi connectivity index (χ1n) is 12.4. The lowest BCUT2D eigenvalue weighted by molar-refractivity contribution is -0.113. The summed E-state index contributed by atoms with van der Waals surface area (Å²) in [5.74, 6) is -0.118. The maximum absolute atomic E-state index is 13.1. The molecular formula is C32H24N2O5S. The average molecular weight is 549 g/mol. The molecule has 0 aliphatic carbocycles. The number of carboxylic acid groups (broad SMARTS) is 1. The van der Waals surface area contributed by atoms with Crippen LogP contribution in [-0.4, -0.2) is 28.6 Å². The van der Waals surface area contributed by atoms with Crippen LogP contribution in [0.15, 0.2) is 120 Å². The van der Waals surface area contributed by atoms with Gasteiger partial charge in [-0.2, -0.15) is 0 Å². The number of para-hydroxylation sites is 1. The number of carbonyl (C=O) groups excluding carboxylic acids is 2. The first-order valence-corrected chi connectivity index (χ1v) is 13.4. The van der Waals surface area contributed by atoms with E-state index in [0.717, 1.165) is 10.6 Å². The van der Waals surface area contributed by atoms with E-state index in [-0.39, 0.29) is 22.8 Å². The Balaban J connectivity index is 1.19. The summed E-state index contributed by atoms with van der Waals surface area (Å²) in [5.41, 5.74) is 1.53. The van der Waals surface area contributed by atoms with Crippen LogP contribution in [0.4, 0.5) is 11.4 Å². The van der Waals surface area contributed by atoms with E-state index in [9.17, 15) is 19.5 Å². The van der Waals surface area contributed by atoms with Crippen LogP contribution in [0.25, 0.3) is 10.8 Å². The molecule has 0 bridgehead atoms. The predicted octanol–water partition coefficient (Wildman–Crippen LogP) is 7.31. The average Bonchev–Trinajstić information content (AvgIpc) is 2.97. The number of hydrogen-bond acceptors (Lipinski definition) is 5. The van der Waals surface area contributed by atoms with E-state index in [1.165, 1.54) is 17.8 Å². The maximum Gasteiger partial charge on any atom is 0.336 e. The van der Waals surface area contributed by atoms with Crippen molar-refractivity contribution in [1.82, 2.24) is 0 Å². The van der Waals surface area contributed by atoms with Crippen LogP contribution < -0.4 is 15.4 Å². The standard InChI is InChI=1S/C32H24N2O5S/c35-29(33-22-15-17-25(18-16-22)39-24-10-2-1-3-11-24)20-40-26-12-6-9-23(19-26)34-31(36)27-13-4-7-21-8-5-14-28(30(21)27)32(37)38/h1-19H,20H2,(H,33,35)(H,34,36)(H,37,38). The fourth-order valence-electron chi connectivity index (χ4n) is 4.15. The lowest BCUT2D eigenvalue weighted by Gasteiger charge is -2.11. The largest absolute Gasteiger partial charge is 0.478 e. The van der Waals surface area contributed by atoms with E-state index in [2.05, 4.69) is 10.6 Å². The van der Waals surface area contributed by atoms with Gasteiger partial charge in [-0.1, -0.05) is 48.5 Å². The van der Waals surface area contributed by atoms with Gasteiger partial charge < -0.3 is 20.5 Å². The second-order valence-corrected chi connectivity index (χ2v) is 9.82. The van der Waals surface area contributed by atoms with Crippen molar-refractivity contribution in [2.24, 2.45) is 0 Å². The van der Waals surface area contributed by atoms with Gasteiger partial charge in [0.1, 0.15) is 11.5 Å². The fourth-order valence-corrected chi connectivity index (χ4v) is 4.90. The highest BCUT2D eigenvalue weighted by Gasteiger charge is 2.17. The Morgan fingerprint density at radius 3 is 2.08 bits per heavy atom. The minimum Gasteiger partial charge on any atom is -0.478 e. The maximum atomic E-state index is 13.1. The summed E-state index contributed by atoms with van der Waals surface area (Å²) in [6.45, 7) is 0. The first-order chi connectivity index (χ1) is 19.5. The third kappa shape index (κ3) is 6.48. The van der Waals surface area contributed by atoms with Gasteiger partial charge >= 0.3 is 5.97 Å². The second-order valence-electron chi connectivity index (χ2n) is 8.77. The van der Waals surface area contributed by atoms with Gasteiger partial charge in [0, 0.05) is 27.2 Å². The minimum atomic E-state index is -1.10. The number of amides is 2. The molecule has 0 saturated carbocycles. The van der Waals surface area contributed by atoms with Gasteiger partial charge in [0.2, 0.25) is 5.91 Å². The van der Waals surface area contributed by atoms with Crippen LogP contribution >= 0.6 is 11.8 Å². The molecule has 8 heteroatoms.